The van der Waals surface area contributed by atoms with E-state index in [9.17, 15) is 27.9 Å². The number of aromatic nitrogens is 3. The highest BCUT2D eigenvalue weighted by Gasteiger charge is 2.31. The molecule has 1 aromatic carbocycles. The van der Waals surface area contributed by atoms with Crippen molar-refractivity contribution in [1.29, 1.82) is 0 Å². The van der Waals surface area contributed by atoms with Crippen LogP contribution >= 0.6 is 0 Å². The maximum absolute atomic E-state index is 13.1. The monoisotopic (exact) mass is 459 g/mol. The number of rotatable bonds is 4. The molecule has 1 saturated heterocycles. The lowest BCUT2D eigenvalue weighted by Crippen LogP contribution is -2.32. The third-order valence-corrected chi connectivity index (χ3v) is 5.43. The van der Waals surface area contributed by atoms with E-state index in [-0.39, 0.29) is 17.3 Å². The zero-order valence-electron chi connectivity index (χ0n) is 17.3. The summed E-state index contributed by atoms with van der Waals surface area (Å²) < 4.78 is 39.9. The Morgan fingerprint density at radius 1 is 1.18 bits per heavy atom. The van der Waals surface area contributed by atoms with E-state index in [1.165, 1.54) is 6.07 Å². The molecular formula is C22H20F3N5O3. The van der Waals surface area contributed by atoms with Gasteiger partial charge in [-0.05, 0) is 49.1 Å². The Morgan fingerprint density at radius 2 is 2.00 bits per heavy atom. The number of pyridine rings is 1. The molecule has 3 heterocycles. The average molecular weight is 459 g/mol. The molecule has 0 spiro atoms. The Bertz CT molecular complexity index is 1280. The molecule has 1 aliphatic heterocycles. The van der Waals surface area contributed by atoms with Gasteiger partial charge in [0.25, 0.3) is 5.56 Å². The molecule has 1 fully saturated rings. The Labute approximate surface area is 185 Å². The molecule has 0 aliphatic carbocycles. The first kappa shape index (κ1) is 22.3. The molecule has 1 atom stereocenters. The highest BCUT2D eigenvalue weighted by molar-refractivity contribution is 5.82. The van der Waals surface area contributed by atoms with Crippen LogP contribution in [0.1, 0.15) is 42.0 Å². The van der Waals surface area contributed by atoms with E-state index in [2.05, 4.69) is 10.1 Å². The van der Waals surface area contributed by atoms with Crippen LogP contribution in [0, 0.1) is 0 Å². The maximum atomic E-state index is 13.1. The molecule has 0 amide bonds. The summed E-state index contributed by atoms with van der Waals surface area (Å²) in [6.45, 7) is 0.599. The molecule has 0 radical (unpaired) electrons. The molecule has 33 heavy (non-hydrogen) atoms. The number of nitrogens with one attached hydrogen (secondary N) is 1. The Kier molecular flexibility index (Phi) is 6.03. The SMILES string of the molecule is O=c1[nH]c(=O)n(-c2cccc(C(F)(F)F)c2)c(O)c1/C=N/N1CCCCC1c1cccnc1. The normalized spacial score (nSPS) is 16.9. The zero-order chi connectivity index (χ0) is 23.6. The minimum atomic E-state index is -4.64. The van der Waals surface area contributed by atoms with Gasteiger partial charge >= 0.3 is 11.9 Å². The van der Waals surface area contributed by atoms with E-state index in [1.807, 2.05) is 17.1 Å². The van der Waals surface area contributed by atoms with E-state index in [0.717, 1.165) is 43.2 Å². The van der Waals surface area contributed by atoms with Crippen LogP contribution in [-0.4, -0.2) is 37.4 Å². The number of H-pyrrole nitrogens is 1. The van der Waals surface area contributed by atoms with Gasteiger partial charge in [0.2, 0.25) is 5.88 Å². The topological polar surface area (TPSA) is 104 Å². The number of aromatic hydroxyl groups is 1. The maximum Gasteiger partial charge on any atom is 0.416 e. The van der Waals surface area contributed by atoms with Gasteiger partial charge in [0.1, 0.15) is 5.56 Å². The molecule has 11 heteroatoms. The summed E-state index contributed by atoms with van der Waals surface area (Å²) in [6.07, 6.45) is 2.54. The second-order valence-corrected chi connectivity index (χ2v) is 7.59. The van der Waals surface area contributed by atoms with E-state index < -0.39 is 28.9 Å². The van der Waals surface area contributed by atoms with Gasteiger partial charge in [0, 0.05) is 18.9 Å². The van der Waals surface area contributed by atoms with Crippen LogP contribution in [0.3, 0.4) is 0 Å². The van der Waals surface area contributed by atoms with Crippen molar-refractivity contribution in [2.75, 3.05) is 6.54 Å². The largest absolute Gasteiger partial charge is 0.493 e. The summed E-state index contributed by atoms with van der Waals surface area (Å²) in [5.41, 5.74) is -2.62. The highest BCUT2D eigenvalue weighted by Crippen LogP contribution is 2.32. The molecule has 4 rings (SSSR count). The van der Waals surface area contributed by atoms with Crippen molar-refractivity contribution < 1.29 is 18.3 Å². The molecule has 0 bridgehead atoms. The van der Waals surface area contributed by atoms with Crippen molar-refractivity contribution in [1.82, 2.24) is 19.5 Å². The van der Waals surface area contributed by atoms with Crippen molar-refractivity contribution >= 4 is 6.21 Å². The number of hydrogen-bond donors (Lipinski definition) is 2. The Balaban J connectivity index is 1.73. The lowest BCUT2D eigenvalue weighted by atomic mass is 9.98. The van der Waals surface area contributed by atoms with E-state index in [0.29, 0.717) is 17.2 Å². The standard InChI is InChI=1S/C22H20F3N5O3/c23-22(24,25)15-6-3-7-16(11-15)30-20(32)17(19(31)28-21(30)33)13-27-29-10-2-1-8-18(29)14-5-4-9-26-12-14/h3-7,9,11-13,18,32H,1-2,8,10H2,(H,28,31,33)/b27-13+. The molecule has 3 aromatic rings. The van der Waals surface area contributed by atoms with Crippen molar-refractivity contribution in [3.63, 3.8) is 0 Å². The van der Waals surface area contributed by atoms with Crippen LogP contribution < -0.4 is 11.2 Å². The number of hydrogen-bond acceptors (Lipinski definition) is 6. The number of benzene rings is 1. The molecule has 172 valence electrons. The zero-order valence-corrected chi connectivity index (χ0v) is 17.3. The molecule has 0 saturated carbocycles. The lowest BCUT2D eigenvalue weighted by molar-refractivity contribution is -0.137. The molecule has 1 unspecified atom stereocenters. The lowest BCUT2D eigenvalue weighted by Gasteiger charge is -2.33. The molecule has 2 N–H and O–H groups in total. The third-order valence-electron chi connectivity index (χ3n) is 5.43. The smallest absolute Gasteiger partial charge is 0.416 e. The predicted octanol–water partition coefficient (Wildman–Crippen LogP) is 3.21. The first-order valence-corrected chi connectivity index (χ1v) is 10.2. The van der Waals surface area contributed by atoms with E-state index >= 15 is 0 Å². The van der Waals surface area contributed by atoms with Crippen molar-refractivity contribution in [3.05, 3.63) is 86.3 Å². The Hall–Kier alpha value is -3.89. The molecule has 8 nitrogen and oxygen atoms in total. The molecule has 2 aromatic heterocycles. The average Bonchev–Trinajstić information content (AvgIpc) is 2.79. The first-order valence-electron chi connectivity index (χ1n) is 10.2. The summed E-state index contributed by atoms with van der Waals surface area (Å²) in [7, 11) is 0. The fourth-order valence-corrected chi connectivity index (χ4v) is 3.81. The summed E-state index contributed by atoms with van der Waals surface area (Å²) in [4.78, 5) is 30.8. The minimum Gasteiger partial charge on any atom is -0.493 e. The van der Waals surface area contributed by atoms with Crippen LogP contribution in [-0.2, 0) is 6.18 Å². The van der Waals surface area contributed by atoms with Crippen LogP contribution in [0.15, 0.2) is 63.5 Å². The third kappa shape index (κ3) is 4.66. The van der Waals surface area contributed by atoms with Gasteiger partial charge in [-0.1, -0.05) is 12.1 Å². The van der Waals surface area contributed by atoms with Gasteiger partial charge in [0.15, 0.2) is 0 Å². The van der Waals surface area contributed by atoms with Crippen molar-refractivity contribution in [3.8, 4) is 11.6 Å². The van der Waals surface area contributed by atoms with Crippen LogP contribution in [0.25, 0.3) is 5.69 Å². The van der Waals surface area contributed by atoms with Crippen LogP contribution in [0.2, 0.25) is 0 Å². The first-order chi connectivity index (χ1) is 15.8. The summed E-state index contributed by atoms with van der Waals surface area (Å²) in [6, 6.07) is 7.53. The molecular weight excluding hydrogens is 439 g/mol. The van der Waals surface area contributed by atoms with Crippen molar-refractivity contribution in [2.24, 2.45) is 5.10 Å². The number of piperidine rings is 1. The number of halogens is 3. The van der Waals surface area contributed by atoms with E-state index in [1.54, 1.807) is 17.4 Å². The summed E-state index contributed by atoms with van der Waals surface area (Å²) >= 11 is 0. The van der Waals surface area contributed by atoms with Gasteiger partial charge in [0.05, 0.1) is 23.5 Å². The van der Waals surface area contributed by atoms with Gasteiger partial charge in [-0.2, -0.15) is 18.3 Å². The van der Waals surface area contributed by atoms with Crippen molar-refractivity contribution in [2.45, 2.75) is 31.5 Å². The number of alkyl halides is 3. The van der Waals surface area contributed by atoms with Gasteiger partial charge in [-0.3, -0.25) is 19.8 Å². The quantitative estimate of drug-likeness (QED) is 0.584. The number of hydrazone groups is 1. The minimum absolute atomic E-state index is 0.0840. The number of aromatic amines is 1. The second kappa shape index (κ2) is 8.93. The fraction of sp³-hybridized carbons (Fsp3) is 0.273. The summed E-state index contributed by atoms with van der Waals surface area (Å²) in [5, 5.41) is 16.8. The highest BCUT2D eigenvalue weighted by atomic mass is 19.4. The van der Waals surface area contributed by atoms with Crippen LogP contribution in [0.5, 0.6) is 5.88 Å². The molecule has 1 aliphatic rings. The van der Waals surface area contributed by atoms with Gasteiger partial charge in [-0.15, -0.1) is 0 Å². The fourth-order valence-electron chi connectivity index (χ4n) is 3.81. The summed E-state index contributed by atoms with van der Waals surface area (Å²) in [5.74, 6) is -0.804. The Morgan fingerprint density at radius 3 is 2.73 bits per heavy atom. The van der Waals surface area contributed by atoms with Crippen LogP contribution in [0.4, 0.5) is 13.2 Å². The predicted molar refractivity (Wildman–Crippen MR) is 114 cm³/mol. The number of nitrogens with zero attached hydrogens (tertiary/aromatic N) is 4. The van der Waals surface area contributed by atoms with Gasteiger partial charge < -0.3 is 5.11 Å². The van der Waals surface area contributed by atoms with E-state index in [4.69, 9.17) is 0 Å². The second-order valence-electron chi connectivity index (χ2n) is 7.59. The van der Waals surface area contributed by atoms with Gasteiger partial charge in [-0.25, -0.2) is 9.36 Å².